The Labute approximate surface area is 242 Å². The molecule has 0 radical (unpaired) electrons. The summed E-state index contributed by atoms with van der Waals surface area (Å²) < 4.78 is 48.6. The van der Waals surface area contributed by atoms with Crippen molar-refractivity contribution in [2.24, 2.45) is 5.92 Å². The first-order valence-electron chi connectivity index (χ1n) is 14.3. The van der Waals surface area contributed by atoms with Gasteiger partial charge in [0.1, 0.15) is 11.9 Å². The molecule has 2 aliphatic heterocycles. The summed E-state index contributed by atoms with van der Waals surface area (Å²) in [5.41, 5.74) is 0.326. The standard InChI is InChI=1S/C32H35F3N2O5/c1-4-14-37-15-13-30-27-20-10-11-24(38)28(27)41-29(30)23(18-21(5-2)31(30,40)25(37)17-20)36(3)26(39)12-9-19-7-6-8-22(16-19)42-32(33,34)35/h4,6-12,16,21,23,25,29,38,40H,1,5,13-15,17-18H2,2-3H3/t21-,23-,25+,29-,30-,31+/m0/s1. The summed E-state index contributed by atoms with van der Waals surface area (Å²) >= 11 is 0. The van der Waals surface area contributed by atoms with E-state index in [0.29, 0.717) is 50.1 Å². The van der Waals surface area contributed by atoms with Crippen LogP contribution >= 0.6 is 0 Å². The molecule has 42 heavy (non-hydrogen) atoms. The molecule has 1 saturated carbocycles. The van der Waals surface area contributed by atoms with Gasteiger partial charge >= 0.3 is 6.36 Å². The number of halogens is 3. The molecule has 0 unspecified atom stereocenters. The number of hydrogen-bond donors (Lipinski definition) is 2. The quantitative estimate of drug-likeness (QED) is 0.359. The molecule has 0 aromatic heterocycles. The maximum absolute atomic E-state index is 13.5. The van der Waals surface area contributed by atoms with Gasteiger partial charge in [-0.3, -0.25) is 9.69 Å². The Balaban J connectivity index is 1.36. The van der Waals surface area contributed by atoms with E-state index < -0.39 is 29.5 Å². The van der Waals surface area contributed by atoms with Crippen molar-refractivity contribution in [1.29, 1.82) is 0 Å². The summed E-state index contributed by atoms with van der Waals surface area (Å²) in [4.78, 5) is 17.4. The van der Waals surface area contributed by atoms with Gasteiger partial charge in [0.2, 0.25) is 5.91 Å². The summed E-state index contributed by atoms with van der Waals surface area (Å²) in [7, 11) is 1.69. The largest absolute Gasteiger partial charge is 0.573 e. The summed E-state index contributed by atoms with van der Waals surface area (Å²) in [5, 5.41) is 23.8. The fraction of sp³-hybridized carbons (Fsp3) is 0.469. The SMILES string of the molecule is C=CCN1CC[C@]23c4c5ccc(O)c4O[C@H]2[C@@H](N(C)C(=O)C=Cc2cccc(OC(F)(F)F)c2)C[C@H](CC)[C@@]3(O)[C@H]1C5. The molecular formula is C32H35F3N2O5. The predicted octanol–water partition coefficient (Wildman–Crippen LogP) is 4.81. The molecule has 7 nitrogen and oxygen atoms in total. The second-order valence-electron chi connectivity index (χ2n) is 11.8. The lowest BCUT2D eigenvalue weighted by Crippen LogP contribution is -2.80. The molecule has 1 saturated heterocycles. The Morgan fingerprint density at radius 2 is 2.10 bits per heavy atom. The number of carbonyl (C=O) groups excluding carboxylic acids is 1. The number of hydrogen-bond acceptors (Lipinski definition) is 6. The van der Waals surface area contributed by atoms with Crippen molar-refractivity contribution in [3.05, 3.63) is 71.8 Å². The Hall–Kier alpha value is -3.50. The van der Waals surface area contributed by atoms with Crippen molar-refractivity contribution in [1.82, 2.24) is 9.80 Å². The minimum Gasteiger partial charge on any atom is -0.504 e. The molecule has 2 N–H and O–H groups in total. The Kier molecular flexibility index (Phi) is 6.85. The fourth-order valence-electron chi connectivity index (χ4n) is 8.33. The highest BCUT2D eigenvalue weighted by molar-refractivity contribution is 5.92. The van der Waals surface area contributed by atoms with Crippen molar-refractivity contribution in [3.8, 4) is 17.2 Å². The van der Waals surface area contributed by atoms with Gasteiger partial charge in [0.15, 0.2) is 11.5 Å². The van der Waals surface area contributed by atoms with E-state index in [0.717, 1.165) is 11.1 Å². The first kappa shape index (κ1) is 28.6. The lowest BCUT2D eigenvalue weighted by molar-refractivity contribution is -0.274. The summed E-state index contributed by atoms with van der Waals surface area (Å²) in [5.74, 6) is -0.458. The molecule has 2 aromatic rings. The molecule has 6 atom stereocenters. The van der Waals surface area contributed by atoms with Gasteiger partial charge in [-0.2, -0.15) is 0 Å². The second kappa shape index (κ2) is 10.1. The molecule has 2 aliphatic carbocycles. The van der Waals surface area contributed by atoms with E-state index in [2.05, 4.69) is 23.1 Å². The Morgan fingerprint density at radius 1 is 1.31 bits per heavy atom. The van der Waals surface area contributed by atoms with Gasteiger partial charge in [-0.05, 0) is 67.1 Å². The van der Waals surface area contributed by atoms with Crippen molar-refractivity contribution < 1.29 is 37.7 Å². The van der Waals surface area contributed by atoms with E-state index in [4.69, 9.17) is 4.74 Å². The molecule has 4 aliphatic rings. The lowest BCUT2D eigenvalue weighted by Gasteiger charge is -2.67. The zero-order chi connectivity index (χ0) is 30.0. The number of phenols is 1. The topological polar surface area (TPSA) is 82.5 Å². The van der Waals surface area contributed by atoms with E-state index in [1.165, 1.54) is 30.4 Å². The van der Waals surface area contributed by atoms with Crippen LogP contribution < -0.4 is 9.47 Å². The van der Waals surface area contributed by atoms with Crippen LogP contribution in [0.1, 0.15) is 42.9 Å². The molecule has 2 fully saturated rings. The Morgan fingerprint density at radius 3 is 2.81 bits per heavy atom. The van der Waals surface area contributed by atoms with E-state index in [1.807, 2.05) is 12.1 Å². The molecule has 1 amide bonds. The highest BCUT2D eigenvalue weighted by Crippen LogP contribution is 2.67. The number of nitrogens with zero attached hydrogens (tertiary/aromatic N) is 2. The van der Waals surface area contributed by atoms with Gasteiger partial charge in [0.05, 0.1) is 17.1 Å². The van der Waals surface area contributed by atoms with Crippen LogP contribution in [0, 0.1) is 5.92 Å². The molecule has 2 bridgehead atoms. The van der Waals surface area contributed by atoms with Gasteiger partial charge in [-0.15, -0.1) is 19.8 Å². The molecular weight excluding hydrogens is 549 g/mol. The minimum atomic E-state index is -4.82. The molecule has 2 heterocycles. The van der Waals surface area contributed by atoms with Gasteiger partial charge in [0, 0.05) is 31.3 Å². The van der Waals surface area contributed by atoms with E-state index in [1.54, 1.807) is 24.1 Å². The molecule has 1 spiro atoms. The van der Waals surface area contributed by atoms with Crippen LogP contribution in [-0.2, 0) is 16.6 Å². The molecule has 10 heteroatoms. The average Bonchev–Trinajstić information content (AvgIpc) is 3.29. The number of phenolic OH excluding ortho intramolecular Hbond substituents is 1. The number of amides is 1. The normalized spacial score (nSPS) is 31.4. The number of aromatic hydroxyl groups is 1. The predicted molar refractivity (Wildman–Crippen MR) is 150 cm³/mol. The zero-order valence-corrected chi connectivity index (χ0v) is 23.6. The van der Waals surface area contributed by atoms with Gasteiger partial charge in [0.25, 0.3) is 0 Å². The number of aliphatic hydroxyl groups is 1. The zero-order valence-electron chi connectivity index (χ0n) is 23.6. The number of carbonyl (C=O) groups is 1. The Bertz CT molecular complexity index is 1440. The number of likely N-dealkylation sites (tertiary alicyclic amines) is 1. The third-order valence-corrected chi connectivity index (χ3v) is 9.98. The molecule has 2 aromatic carbocycles. The van der Waals surface area contributed by atoms with Crippen molar-refractivity contribution in [2.45, 2.75) is 68.2 Å². The summed E-state index contributed by atoms with van der Waals surface area (Å²) in [6.45, 7) is 7.34. The number of alkyl halides is 3. The number of rotatable bonds is 7. The van der Waals surface area contributed by atoms with Crippen LogP contribution in [0.25, 0.3) is 6.08 Å². The van der Waals surface area contributed by atoms with Gasteiger partial charge in [-0.1, -0.05) is 37.6 Å². The smallest absolute Gasteiger partial charge is 0.504 e. The maximum Gasteiger partial charge on any atom is 0.573 e. The summed E-state index contributed by atoms with van der Waals surface area (Å²) in [6, 6.07) is 8.39. The van der Waals surface area contributed by atoms with Crippen molar-refractivity contribution in [3.63, 3.8) is 0 Å². The highest BCUT2D eigenvalue weighted by Gasteiger charge is 2.75. The lowest BCUT2D eigenvalue weighted by atomic mass is 9.45. The number of benzene rings is 2. The van der Waals surface area contributed by atoms with E-state index in [9.17, 15) is 28.2 Å². The van der Waals surface area contributed by atoms with Crippen LogP contribution in [-0.4, -0.2) is 76.2 Å². The minimum absolute atomic E-state index is 0.0217. The van der Waals surface area contributed by atoms with E-state index in [-0.39, 0.29) is 29.4 Å². The maximum atomic E-state index is 13.5. The monoisotopic (exact) mass is 584 g/mol. The summed E-state index contributed by atoms with van der Waals surface area (Å²) in [6.07, 6.45) is 1.64. The van der Waals surface area contributed by atoms with Crippen LogP contribution in [0.2, 0.25) is 0 Å². The number of likely N-dealkylation sites (N-methyl/N-ethyl adjacent to an activating group) is 1. The number of ether oxygens (including phenoxy) is 2. The van der Waals surface area contributed by atoms with Gasteiger partial charge < -0.3 is 24.6 Å². The fourth-order valence-corrected chi connectivity index (χ4v) is 8.33. The third-order valence-electron chi connectivity index (χ3n) is 9.98. The van der Waals surface area contributed by atoms with E-state index >= 15 is 0 Å². The van der Waals surface area contributed by atoms with Crippen molar-refractivity contribution in [2.75, 3.05) is 20.1 Å². The van der Waals surface area contributed by atoms with Crippen LogP contribution in [0.15, 0.2) is 55.1 Å². The molecule has 6 rings (SSSR count). The second-order valence-corrected chi connectivity index (χ2v) is 11.8. The van der Waals surface area contributed by atoms with Crippen LogP contribution in [0.4, 0.5) is 13.2 Å². The van der Waals surface area contributed by atoms with Gasteiger partial charge in [-0.25, -0.2) is 0 Å². The van der Waals surface area contributed by atoms with Crippen molar-refractivity contribution >= 4 is 12.0 Å². The number of piperidine rings is 1. The first-order chi connectivity index (χ1) is 19.9. The third kappa shape index (κ3) is 4.13. The molecule has 224 valence electrons. The first-order valence-corrected chi connectivity index (χ1v) is 14.3. The van der Waals surface area contributed by atoms with Crippen LogP contribution in [0.3, 0.4) is 0 Å². The highest BCUT2D eigenvalue weighted by atomic mass is 19.4. The van der Waals surface area contributed by atoms with Crippen LogP contribution in [0.5, 0.6) is 17.2 Å². The average molecular weight is 585 g/mol.